The largest absolute Gasteiger partial charge is 0.329 e. The fourth-order valence-corrected chi connectivity index (χ4v) is 2.61. The zero-order valence-corrected chi connectivity index (χ0v) is 10.5. The third-order valence-electron chi connectivity index (χ3n) is 3.82. The first kappa shape index (κ1) is 10.8. The molecule has 1 saturated heterocycles. The molecule has 0 radical (unpaired) electrons. The zero-order valence-electron chi connectivity index (χ0n) is 10.5. The Morgan fingerprint density at radius 3 is 2.94 bits per heavy atom. The van der Waals surface area contributed by atoms with E-state index < -0.39 is 0 Å². The maximum absolute atomic E-state index is 4.50. The molecule has 0 amide bonds. The van der Waals surface area contributed by atoms with E-state index in [-0.39, 0.29) is 0 Å². The van der Waals surface area contributed by atoms with E-state index in [9.17, 15) is 0 Å². The highest BCUT2D eigenvalue weighted by Gasteiger charge is 2.15. The van der Waals surface area contributed by atoms with Crippen LogP contribution in [-0.4, -0.2) is 22.1 Å². The lowest BCUT2D eigenvalue weighted by Crippen LogP contribution is -2.26. The van der Waals surface area contributed by atoms with Crippen molar-refractivity contribution in [1.82, 2.24) is 14.9 Å². The number of fused-ring (bicyclic) bond motifs is 1. The van der Waals surface area contributed by atoms with Crippen LogP contribution in [0.5, 0.6) is 0 Å². The summed E-state index contributed by atoms with van der Waals surface area (Å²) < 4.78 is 2.28. The highest BCUT2D eigenvalue weighted by Crippen LogP contribution is 2.19. The summed E-state index contributed by atoms with van der Waals surface area (Å²) in [6.45, 7) is 6.51. The Labute approximate surface area is 102 Å². The Bertz CT molecular complexity index is 536. The highest BCUT2D eigenvalue weighted by atomic mass is 15.1. The minimum absolute atomic E-state index is 0.619. The minimum Gasteiger partial charge on any atom is -0.329 e. The lowest BCUT2D eigenvalue weighted by Gasteiger charge is -2.12. The van der Waals surface area contributed by atoms with Gasteiger partial charge in [-0.2, -0.15) is 0 Å². The molecule has 1 N–H and O–H groups in total. The van der Waals surface area contributed by atoms with Gasteiger partial charge < -0.3 is 9.88 Å². The van der Waals surface area contributed by atoms with Gasteiger partial charge in [0.05, 0.1) is 17.4 Å². The normalized spacial score (nSPS) is 20.2. The molecule has 1 aromatic carbocycles. The summed E-state index contributed by atoms with van der Waals surface area (Å²) in [7, 11) is 0. The van der Waals surface area contributed by atoms with E-state index in [0.29, 0.717) is 6.04 Å². The summed E-state index contributed by atoms with van der Waals surface area (Å²) in [5.74, 6) is 0. The van der Waals surface area contributed by atoms with E-state index in [1.165, 1.54) is 29.5 Å². The van der Waals surface area contributed by atoms with Crippen LogP contribution in [0.2, 0.25) is 0 Å². The average molecular weight is 229 g/mol. The number of aryl methyl sites for hydroxylation is 2. The Morgan fingerprint density at radius 2 is 2.18 bits per heavy atom. The van der Waals surface area contributed by atoms with Crippen LogP contribution in [-0.2, 0) is 6.54 Å². The summed E-state index contributed by atoms with van der Waals surface area (Å²) in [5, 5.41) is 3.54. The lowest BCUT2D eigenvalue weighted by molar-refractivity contribution is 0.517. The van der Waals surface area contributed by atoms with Gasteiger partial charge in [0.2, 0.25) is 0 Å². The molecule has 0 spiro atoms. The Balaban J connectivity index is 1.96. The molecule has 0 aliphatic carbocycles. The molecule has 1 aliphatic heterocycles. The molecule has 1 fully saturated rings. The van der Waals surface area contributed by atoms with Crippen molar-refractivity contribution in [3.63, 3.8) is 0 Å². The second kappa shape index (κ2) is 4.15. The third-order valence-corrected chi connectivity index (χ3v) is 3.82. The molecule has 0 unspecified atom stereocenters. The van der Waals surface area contributed by atoms with Crippen molar-refractivity contribution in [2.75, 3.05) is 6.54 Å². The van der Waals surface area contributed by atoms with E-state index in [0.717, 1.165) is 18.6 Å². The number of nitrogens with zero attached hydrogens (tertiary/aromatic N) is 2. The standard InChI is InChI=1S/C14H19N3/c1-10-6-13-14(7-11(10)2)17(9-16-13)8-12-4-3-5-15-12/h6-7,9,12,15H,3-5,8H2,1-2H3/t12-/m1/s1. The van der Waals surface area contributed by atoms with Crippen LogP contribution in [0.1, 0.15) is 24.0 Å². The van der Waals surface area contributed by atoms with Gasteiger partial charge in [0, 0.05) is 12.6 Å². The van der Waals surface area contributed by atoms with Gasteiger partial charge in [-0.3, -0.25) is 0 Å². The van der Waals surface area contributed by atoms with Crippen LogP contribution in [0, 0.1) is 13.8 Å². The molecule has 3 nitrogen and oxygen atoms in total. The summed E-state index contributed by atoms with van der Waals surface area (Å²) in [6, 6.07) is 5.06. The van der Waals surface area contributed by atoms with E-state index in [1.54, 1.807) is 0 Å². The van der Waals surface area contributed by atoms with Gasteiger partial charge in [-0.25, -0.2) is 4.98 Å². The number of benzene rings is 1. The molecule has 0 saturated carbocycles. The monoisotopic (exact) mass is 229 g/mol. The summed E-state index contributed by atoms with van der Waals surface area (Å²) in [5.41, 5.74) is 5.05. The molecule has 3 rings (SSSR count). The molecule has 0 bridgehead atoms. The van der Waals surface area contributed by atoms with Crippen LogP contribution < -0.4 is 5.32 Å². The van der Waals surface area contributed by atoms with Crippen LogP contribution in [0.3, 0.4) is 0 Å². The van der Waals surface area contributed by atoms with Crippen molar-refractivity contribution in [3.8, 4) is 0 Å². The summed E-state index contributed by atoms with van der Waals surface area (Å²) in [6.07, 6.45) is 4.56. The average Bonchev–Trinajstić information content (AvgIpc) is 2.92. The SMILES string of the molecule is Cc1cc2ncn(C[C@H]3CCCN3)c2cc1C. The lowest BCUT2D eigenvalue weighted by atomic mass is 10.1. The molecular formula is C14H19N3. The number of hydrogen-bond acceptors (Lipinski definition) is 2. The quantitative estimate of drug-likeness (QED) is 0.857. The van der Waals surface area contributed by atoms with Crippen molar-refractivity contribution in [2.24, 2.45) is 0 Å². The van der Waals surface area contributed by atoms with Gasteiger partial charge in [0.25, 0.3) is 0 Å². The van der Waals surface area contributed by atoms with Gasteiger partial charge >= 0.3 is 0 Å². The topological polar surface area (TPSA) is 29.9 Å². The zero-order chi connectivity index (χ0) is 11.8. The molecule has 2 aromatic rings. The van der Waals surface area contributed by atoms with Gasteiger partial charge in [-0.1, -0.05) is 0 Å². The van der Waals surface area contributed by atoms with Gasteiger partial charge in [0.1, 0.15) is 0 Å². The summed E-state index contributed by atoms with van der Waals surface area (Å²) in [4.78, 5) is 4.50. The molecular weight excluding hydrogens is 210 g/mol. The second-order valence-electron chi connectivity index (χ2n) is 5.12. The number of imidazole rings is 1. The van der Waals surface area contributed by atoms with Gasteiger partial charge in [-0.15, -0.1) is 0 Å². The smallest absolute Gasteiger partial charge is 0.0958 e. The van der Waals surface area contributed by atoms with E-state index in [4.69, 9.17) is 0 Å². The second-order valence-corrected chi connectivity index (χ2v) is 5.12. The Hall–Kier alpha value is -1.35. The number of nitrogens with one attached hydrogen (secondary N) is 1. The molecule has 1 atom stereocenters. The Kier molecular flexibility index (Phi) is 2.63. The fourth-order valence-electron chi connectivity index (χ4n) is 2.61. The first-order valence-corrected chi connectivity index (χ1v) is 6.39. The summed E-state index contributed by atoms with van der Waals surface area (Å²) >= 11 is 0. The number of rotatable bonds is 2. The highest BCUT2D eigenvalue weighted by molar-refractivity contribution is 5.77. The van der Waals surface area contributed by atoms with Crippen LogP contribution in [0.25, 0.3) is 11.0 Å². The van der Waals surface area contributed by atoms with Crippen molar-refractivity contribution in [2.45, 2.75) is 39.3 Å². The van der Waals surface area contributed by atoms with Crippen LogP contribution >= 0.6 is 0 Å². The van der Waals surface area contributed by atoms with Crippen molar-refractivity contribution in [3.05, 3.63) is 29.6 Å². The van der Waals surface area contributed by atoms with Crippen molar-refractivity contribution < 1.29 is 0 Å². The van der Waals surface area contributed by atoms with E-state index in [2.05, 4.69) is 40.8 Å². The fraction of sp³-hybridized carbons (Fsp3) is 0.500. The van der Waals surface area contributed by atoms with E-state index in [1.807, 2.05) is 6.33 Å². The third kappa shape index (κ3) is 1.95. The molecule has 3 heteroatoms. The van der Waals surface area contributed by atoms with Crippen LogP contribution in [0.15, 0.2) is 18.5 Å². The number of aromatic nitrogens is 2. The van der Waals surface area contributed by atoms with Crippen molar-refractivity contribution in [1.29, 1.82) is 0 Å². The maximum Gasteiger partial charge on any atom is 0.0958 e. The van der Waals surface area contributed by atoms with E-state index >= 15 is 0 Å². The van der Waals surface area contributed by atoms with Crippen molar-refractivity contribution >= 4 is 11.0 Å². The number of hydrogen-bond donors (Lipinski definition) is 1. The van der Waals surface area contributed by atoms with Crippen LogP contribution in [0.4, 0.5) is 0 Å². The predicted molar refractivity (Wildman–Crippen MR) is 70.2 cm³/mol. The van der Waals surface area contributed by atoms with Gasteiger partial charge in [0.15, 0.2) is 0 Å². The minimum atomic E-state index is 0.619. The molecule has 90 valence electrons. The Morgan fingerprint density at radius 1 is 1.35 bits per heavy atom. The molecule has 2 heterocycles. The predicted octanol–water partition coefficient (Wildman–Crippen LogP) is 2.41. The van der Waals surface area contributed by atoms with Gasteiger partial charge in [-0.05, 0) is 56.5 Å². The maximum atomic E-state index is 4.50. The first-order chi connectivity index (χ1) is 8.24. The molecule has 1 aromatic heterocycles. The molecule has 1 aliphatic rings. The first-order valence-electron chi connectivity index (χ1n) is 6.39. The molecule has 17 heavy (non-hydrogen) atoms.